The minimum atomic E-state index is 0.328. The van der Waals surface area contributed by atoms with Gasteiger partial charge in [-0.2, -0.15) is 0 Å². The fourth-order valence-corrected chi connectivity index (χ4v) is 7.32. The molecule has 9 rings (SSSR count). The average molecular weight is 639 g/mol. The molecule has 0 saturated carbocycles. The number of fused-ring (bicyclic) bond motifs is 9. The molecule has 0 radical (unpaired) electrons. The van der Waals surface area contributed by atoms with Crippen LogP contribution in [0.25, 0.3) is 66.3 Å². The molecule has 0 atom stereocenters. The van der Waals surface area contributed by atoms with E-state index in [2.05, 4.69) is 114 Å². The van der Waals surface area contributed by atoms with Crippen molar-refractivity contribution in [3.8, 4) is 28.8 Å². The zero-order valence-electron chi connectivity index (χ0n) is 27.8. The molecule has 0 fully saturated rings. The molecule has 0 N–H and O–H groups in total. The molecular weight excluding hydrogens is 605 g/mol. The van der Waals surface area contributed by atoms with Gasteiger partial charge in [0.1, 0.15) is 11.6 Å². The van der Waals surface area contributed by atoms with Crippen molar-refractivity contribution in [3.05, 3.63) is 133 Å². The van der Waals surface area contributed by atoms with Crippen molar-refractivity contribution in [2.75, 3.05) is 0 Å². The van der Waals surface area contributed by atoms with Gasteiger partial charge >= 0.3 is 0 Å². The van der Waals surface area contributed by atoms with Crippen molar-refractivity contribution in [1.29, 1.82) is 0 Å². The van der Waals surface area contributed by atoms with E-state index in [0.29, 0.717) is 23.5 Å². The van der Waals surface area contributed by atoms with Gasteiger partial charge in [0.25, 0.3) is 0 Å². The summed E-state index contributed by atoms with van der Waals surface area (Å²) in [5, 5.41) is 15.1. The van der Waals surface area contributed by atoms with Gasteiger partial charge in [0.05, 0.1) is 16.6 Å². The molecule has 0 amide bonds. The third-order valence-corrected chi connectivity index (χ3v) is 9.56. The number of rotatable bonds is 6. The molecule has 9 aromatic rings. The van der Waals surface area contributed by atoms with Crippen LogP contribution in [-0.2, 0) is 0 Å². The van der Waals surface area contributed by atoms with Crippen LogP contribution in [0.4, 0.5) is 0 Å². The highest BCUT2D eigenvalue weighted by Crippen LogP contribution is 2.40. The molecule has 5 aromatic heterocycles. The lowest BCUT2D eigenvalue weighted by atomic mass is 9.88. The van der Waals surface area contributed by atoms with Gasteiger partial charge in [0, 0.05) is 45.6 Å². The summed E-state index contributed by atoms with van der Waals surface area (Å²) >= 11 is 0. The summed E-state index contributed by atoms with van der Waals surface area (Å²) in [5.41, 5.74) is 7.61. The first-order valence-corrected chi connectivity index (χ1v) is 16.8. The van der Waals surface area contributed by atoms with Crippen LogP contribution < -0.4 is 4.74 Å². The average Bonchev–Trinajstić information content (AvgIpc) is 3.72. The van der Waals surface area contributed by atoms with Crippen molar-refractivity contribution < 1.29 is 4.74 Å². The molecular formula is C42H34N6O. The third kappa shape index (κ3) is 4.57. The van der Waals surface area contributed by atoms with E-state index in [1.165, 1.54) is 11.1 Å². The number of benzene rings is 4. The van der Waals surface area contributed by atoms with E-state index in [1.54, 1.807) is 0 Å². The molecule has 0 aliphatic rings. The number of nitrogens with zero attached hydrogens (tertiary/aromatic N) is 6. The Kier molecular flexibility index (Phi) is 6.69. The van der Waals surface area contributed by atoms with E-state index in [9.17, 15) is 0 Å². The van der Waals surface area contributed by atoms with Crippen LogP contribution in [0.3, 0.4) is 0 Å². The highest BCUT2D eigenvalue weighted by molar-refractivity contribution is 6.13. The molecule has 0 saturated heterocycles. The molecule has 238 valence electrons. The summed E-state index contributed by atoms with van der Waals surface area (Å²) in [6, 6.07) is 37.6. The second kappa shape index (κ2) is 11.3. The smallest absolute Gasteiger partial charge is 0.221 e. The maximum absolute atomic E-state index is 6.53. The van der Waals surface area contributed by atoms with E-state index < -0.39 is 0 Å². The van der Waals surface area contributed by atoms with Crippen molar-refractivity contribution in [2.45, 2.75) is 39.5 Å². The quantitative estimate of drug-likeness (QED) is 0.170. The molecule has 7 nitrogen and oxygen atoms in total. The SMILES string of the molecule is CC(C)c1cccc(C(C)C)c1-c1nnc2c3cc(Oc4cc5c(cn4)c4ccccc4n5-c4ccccn4)ccc3c3ccccc3n12. The molecule has 0 bridgehead atoms. The molecule has 49 heavy (non-hydrogen) atoms. The third-order valence-electron chi connectivity index (χ3n) is 9.56. The summed E-state index contributed by atoms with van der Waals surface area (Å²) in [6.07, 6.45) is 3.71. The zero-order valence-corrected chi connectivity index (χ0v) is 27.8. The highest BCUT2D eigenvalue weighted by atomic mass is 16.5. The summed E-state index contributed by atoms with van der Waals surface area (Å²) in [4.78, 5) is 9.42. The molecule has 4 aromatic carbocycles. The predicted octanol–water partition coefficient (Wildman–Crippen LogP) is 10.6. The second-order valence-electron chi connectivity index (χ2n) is 13.2. The standard InChI is InChI=1S/C42H34N6O/c1-25(2)28-14-11-15-29(26(3)4)40(28)42-46-45-41-33-22-27(19-20-30(33)31-12-5-8-17-36(31)48(41)42)49-39-23-37-34(24-44-39)32-13-6-7-16-35(32)47(37)38-18-9-10-21-43-38/h5-26H,1-4H3. The second-order valence-corrected chi connectivity index (χ2v) is 13.2. The fourth-order valence-electron chi connectivity index (χ4n) is 7.32. The lowest BCUT2D eigenvalue weighted by Crippen LogP contribution is -2.03. The normalized spacial score (nSPS) is 12.0. The molecule has 0 aliphatic heterocycles. The Morgan fingerprint density at radius 3 is 2.02 bits per heavy atom. The van der Waals surface area contributed by atoms with Crippen molar-refractivity contribution in [3.63, 3.8) is 0 Å². The van der Waals surface area contributed by atoms with E-state index in [0.717, 1.165) is 66.3 Å². The summed E-state index contributed by atoms with van der Waals surface area (Å²) in [5.74, 6) is 3.53. The fraction of sp³-hybridized carbons (Fsp3) is 0.143. The Bertz CT molecular complexity index is 2680. The van der Waals surface area contributed by atoms with Crippen LogP contribution in [0, 0.1) is 0 Å². The Hall–Kier alpha value is -6.08. The first-order valence-electron chi connectivity index (χ1n) is 16.8. The topological polar surface area (TPSA) is 70.1 Å². The summed E-state index contributed by atoms with van der Waals surface area (Å²) < 4.78 is 10.9. The van der Waals surface area contributed by atoms with Gasteiger partial charge in [-0.3, -0.25) is 8.97 Å². The minimum absolute atomic E-state index is 0.328. The molecule has 0 unspecified atom stereocenters. The van der Waals surface area contributed by atoms with Crippen LogP contribution in [0.15, 0.2) is 122 Å². The van der Waals surface area contributed by atoms with Crippen LogP contribution in [0.5, 0.6) is 11.6 Å². The first kappa shape index (κ1) is 29.1. The monoisotopic (exact) mass is 638 g/mol. The molecule has 5 heterocycles. The summed E-state index contributed by atoms with van der Waals surface area (Å²) in [7, 11) is 0. The van der Waals surface area contributed by atoms with Gasteiger partial charge in [-0.25, -0.2) is 9.97 Å². The number of hydrogen-bond donors (Lipinski definition) is 0. The van der Waals surface area contributed by atoms with Crippen LogP contribution in [0.1, 0.15) is 50.7 Å². The number of hydrogen-bond acceptors (Lipinski definition) is 5. The van der Waals surface area contributed by atoms with Gasteiger partial charge in [0.15, 0.2) is 11.5 Å². The van der Waals surface area contributed by atoms with E-state index in [4.69, 9.17) is 19.9 Å². The number of pyridine rings is 3. The van der Waals surface area contributed by atoms with E-state index >= 15 is 0 Å². The summed E-state index contributed by atoms with van der Waals surface area (Å²) in [6.45, 7) is 8.96. The number of para-hydroxylation sites is 2. The van der Waals surface area contributed by atoms with Gasteiger partial charge in [0.2, 0.25) is 5.88 Å². The number of ether oxygens (including phenoxy) is 1. The zero-order chi connectivity index (χ0) is 33.2. The molecule has 7 heteroatoms. The Morgan fingerprint density at radius 1 is 0.571 bits per heavy atom. The minimum Gasteiger partial charge on any atom is -0.439 e. The Balaban J connectivity index is 1.23. The van der Waals surface area contributed by atoms with E-state index in [-0.39, 0.29) is 0 Å². The molecule has 0 aliphatic carbocycles. The van der Waals surface area contributed by atoms with Gasteiger partial charge in [-0.05, 0) is 70.8 Å². The van der Waals surface area contributed by atoms with Crippen LogP contribution >= 0.6 is 0 Å². The predicted molar refractivity (Wildman–Crippen MR) is 198 cm³/mol. The maximum atomic E-state index is 6.53. The van der Waals surface area contributed by atoms with Crippen molar-refractivity contribution >= 4 is 49.1 Å². The highest BCUT2D eigenvalue weighted by Gasteiger charge is 2.23. The van der Waals surface area contributed by atoms with Crippen molar-refractivity contribution in [1.82, 2.24) is 29.1 Å². The van der Waals surface area contributed by atoms with Gasteiger partial charge < -0.3 is 4.74 Å². The van der Waals surface area contributed by atoms with Gasteiger partial charge in [-0.1, -0.05) is 88.4 Å². The lowest BCUT2D eigenvalue weighted by molar-refractivity contribution is 0.464. The van der Waals surface area contributed by atoms with Crippen LogP contribution in [-0.4, -0.2) is 29.1 Å². The van der Waals surface area contributed by atoms with E-state index in [1.807, 2.05) is 48.8 Å². The number of aromatic nitrogens is 6. The Labute approximate surface area is 283 Å². The maximum Gasteiger partial charge on any atom is 0.221 e. The van der Waals surface area contributed by atoms with Crippen LogP contribution in [0.2, 0.25) is 0 Å². The van der Waals surface area contributed by atoms with Gasteiger partial charge in [-0.15, -0.1) is 10.2 Å². The first-order chi connectivity index (χ1) is 24.0. The largest absolute Gasteiger partial charge is 0.439 e. The Morgan fingerprint density at radius 2 is 1.29 bits per heavy atom. The lowest BCUT2D eigenvalue weighted by Gasteiger charge is -2.19. The van der Waals surface area contributed by atoms with Crippen molar-refractivity contribution in [2.24, 2.45) is 0 Å². The molecule has 0 spiro atoms.